The minimum atomic E-state index is -0.929. The maximum Gasteiger partial charge on any atom is 0.519 e. The van der Waals surface area contributed by atoms with Crippen LogP contribution in [0.5, 0.6) is 6.01 Å². The van der Waals surface area contributed by atoms with E-state index in [2.05, 4.69) is 58.4 Å². The molecule has 4 heterocycles. The molecule has 0 aliphatic carbocycles. The van der Waals surface area contributed by atoms with Gasteiger partial charge in [0.05, 0.1) is 42.6 Å². The van der Waals surface area contributed by atoms with Crippen LogP contribution in [-0.2, 0) is 22.2 Å². The molecule has 0 radical (unpaired) electrons. The number of esters is 1. The smallest absolute Gasteiger partial charge is 0.465 e. The molecular formula is C50H45N7O6. The summed E-state index contributed by atoms with van der Waals surface area (Å²) in [6.45, 7) is 10.2. The summed E-state index contributed by atoms with van der Waals surface area (Å²) < 4.78 is 28.4. The monoisotopic (exact) mass is 839 g/mol. The van der Waals surface area contributed by atoms with Gasteiger partial charge >= 0.3 is 11.8 Å². The van der Waals surface area contributed by atoms with Crippen molar-refractivity contribution in [3.05, 3.63) is 189 Å². The molecule has 13 heteroatoms. The molecule has 5 aromatic carbocycles. The molecule has 0 aliphatic heterocycles. The van der Waals surface area contributed by atoms with Crippen molar-refractivity contribution in [2.45, 2.75) is 52.1 Å². The van der Waals surface area contributed by atoms with Gasteiger partial charge in [-0.25, -0.2) is 14.3 Å². The molecule has 9 aromatic rings. The molecule has 0 unspecified atom stereocenters. The largest absolute Gasteiger partial charge is 0.519 e. The van der Waals surface area contributed by atoms with Crippen LogP contribution in [0.3, 0.4) is 0 Å². The van der Waals surface area contributed by atoms with E-state index in [1.807, 2.05) is 123 Å². The van der Waals surface area contributed by atoms with Crippen LogP contribution in [0, 0.1) is 6.92 Å². The van der Waals surface area contributed by atoms with Crippen molar-refractivity contribution >= 4 is 17.0 Å². The first kappa shape index (κ1) is 40.6. The van der Waals surface area contributed by atoms with E-state index in [9.17, 15) is 9.59 Å². The van der Waals surface area contributed by atoms with Gasteiger partial charge in [0.25, 0.3) is 6.01 Å². The highest BCUT2D eigenvalue weighted by Crippen LogP contribution is 2.43. The lowest BCUT2D eigenvalue weighted by molar-refractivity contribution is 0.0603. The van der Waals surface area contributed by atoms with Crippen molar-refractivity contribution in [3.63, 3.8) is 0 Å². The number of aromatic nitrogens is 7. The van der Waals surface area contributed by atoms with Gasteiger partial charge in [-0.3, -0.25) is 4.57 Å². The number of nitrogens with zero attached hydrogens (tertiary/aromatic N) is 7. The number of ether oxygens (including phenoxy) is 2. The number of aryl methyl sites for hydroxylation is 1. The summed E-state index contributed by atoms with van der Waals surface area (Å²) in [6.07, 6.45) is 2.07. The van der Waals surface area contributed by atoms with E-state index in [1.54, 1.807) is 12.1 Å². The Bertz CT molecular complexity index is 3020. The second-order valence-corrected chi connectivity index (χ2v) is 16.3. The van der Waals surface area contributed by atoms with Crippen LogP contribution in [0.4, 0.5) is 0 Å². The molecule has 0 saturated heterocycles. The van der Waals surface area contributed by atoms with E-state index in [-0.39, 0.29) is 17.9 Å². The van der Waals surface area contributed by atoms with Crippen LogP contribution in [0.25, 0.3) is 39.6 Å². The van der Waals surface area contributed by atoms with Gasteiger partial charge < -0.3 is 22.9 Å². The van der Waals surface area contributed by atoms with Crippen molar-refractivity contribution in [1.82, 2.24) is 34.3 Å². The van der Waals surface area contributed by atoms with Crippen LogP contribution in [0.2, 0.25) is 0 Å². The van der Waals surface area contributed by atoms with Crippen molar-refractivity contribution in [2.75, 3.05) is 13.7 Å². The third-order valence-corrected chi connectivity index (χ3v) is 11.1. The van der Waals surface area contributed by atoms with E-state index < -0.39 is 22.7 Å². The summed E-state index contributed by atoms with van der Waals surface area (Å²) in [5.74, 6) is -0.461. The fourth-order valence-electron chi connectivity index (χ4n) is 8.44. The average Bonchev–Trinajstić information content (AvgIpc) is 4.11. The number of tetrazole rings is 1. The number of fused-ring (bicyclic) bond motifs is 1. The van der Waals surface area contributed by atoms with Crippen molar-refractivity contribution in [3.8, 4) is 34.5 Å². The second-order valence-electron chi connectivity index (χ2n) is 16.3. The molecular weight excluding hydrogens is 795 g/mol. The Kier molecular flexibility index (Phi) is 10.5. The van der Waals surface area contributed by atoms with Crippen molar-refractivity contribution in [1.29, 1.82) is 0 Å². The highest BCUT2D eigenvalue weighted by molar-refractivity contribution is 6.08. The van der Waals surface area contributed by atoms with Crippen LogP contribution in [0.1, 0.15) is 71.6 Å². The van der Waals surface area contributed by atoms with Crippen molar-refractivity contribution < 1.29 is 23.1 Å². The van der Waals surface area contributed by atoms with E-state index in [1.165, 1.54) is 7.11 Å². The first-order chi connectivity index (χ1) is 30.5. The summed E-state index contributed by atoms with van der Waals surface area (Å²) in [5.41, 5.74) is 6.54. The molecule has 63 heavy (non-hydrogen) atoms. The number of carbonyl (C=O) groups excluding carboxylic acids is 1. The topological polar surface area (TPSA) is 145 Å². The van der Waals surface area contributed by atoms with Gasteiger partial charge in [-0.05, 0) is 82.4 Å². The van der Waals surface area contributed by atoms with Crippen LogP contribution >= 0.6 is 0 Å². The molecule has 0 aliphatic rings. The summed E-state index contributed by atoms with van der Waals surface area (Å²) >= 11 is 0. The third kappa shape index (κ3) is 7.10. The summed E-state index contributed by atoms with van der Waals surface area (Å²) in [4.78, 5) is 31.0. The van der Waals surface area contributed by atoms with Gasteiger partial charge in [-0.1, -0.05) is 124 Å². The molecule has 9 rings (SSSR count). The number of methoxy groups -OCH3 is 1. The number of imidazole rings is 1. The second kappa shape index (κ2) is 16.2. The fraction of sp³-hybridized carbons (Fsp3) is 0.200. The lowest BCUT2D eigenvalue weighted by atomic mass is 9.77. The maximum absolute atomic E-state index is 13.7. The molecule has 0 bridgehead atoms. The number of carbonyl (C=O) groups is 1. The van der Waals surface area contributed by atoms with Gasteiger partial charge in [0.1, 0.15) is 5.54 Å². The van der Waals surface area contributed by atoms with Gasteiger partial charge in [0.2, 0.25) is 5.82 Å². The minimum Gasteiger partial charge on any atom is -0.465 e. The van der Waals surface area contributed by atoms with E-state index in [4.69, 9.17) is 33.6 Å². The number of hydrogen-bond donors (Lipinski definition) is 0. The summed E-state index contributed by atoms with van der Waals surface area (Å²) in [6, 6.07) is 44.9. The standard InChI is InChI=1S/C50H45N7O6/c1-7-61-47-51-39-28-27-38(43-44(49(3,4)5)63-48(59)62-43)41(46(58)60-6)42(39)56(47)31-33-23-25-37(26-24-33)55-30-32(2)29-40(55)45-52-53-54-57(45)50(34-17-11-8-12-18-34,35-19-13-9-14-20-35)36-21-15-10-16-22-36/h8-30H,7,31H2,1-6H3. The van der Waals surface area contributed by atoms with Crippen molar-refractivity contribution in [2.24, 2.45) is 0 Å². The lowest BCUT2D eigenvalue weighted by Gasteiger charge is -2.36. The quantitative estimate of drug-likeness (QED) is 0.0862. The molecule has 4 aromatic heterocycles. The van der Waals surface area contributed by atoms with Gasteiger partial charge in [-0.2, -0.15) is 4.98 Å². The van der Waals surface area contributed by atoms with E-state index in [0.717, 1.165) is 39.2 Å². The van der Waals surface area contributed by atoms with Crippen LogP contribution in [-0.4, -0.2) is 54.0 Å². The zero-order valence-corrected chi connectivity index (χ0v) is 35.8. The highest BCUT2D eigenvalue weighted by atomic mass is 16.6. The fourth-order valence-corrected chi connectivity index (χ4v) is 8.44. The number of benzene rings is 5. The summed E-state index contributed by atoms with van der Waals surface area (Å²) in [7, 11) is 1.31. The first-order valence-electron chi connectivity index (χ1n) is 20.7. The lowest BCUT2D eigenvalue weighted by Crippen LogP contribution is -2.39. The SMILES string of the molecule is CCOc1nc2ccc(-c3oc(=O)oc3C(C)(C)C)c(C(=O)OC)c2n1Cc1ccc(-n2cc(C)cc2-c2nnnn2C(c2ccccc2)(c2ccccc2)c2ccccc2)cc1. The van der Waals surface area contributed by atoms with E-state index in [0.29, 0.717) is 40.8 Å². The van der Waals surface area contributed by atoms with E-state index >= 15 is 0 Å². The molecule has 316 valence electrons. The molecule has 0 amide bonds. The Morgan fingerprint density at radius 3 is 1.98 bits per heavy atom. The zero-order valence-electron chi connectivity index (χ0n) is 35.8. The normalized spacial score (nSPS) is 11.9. The summed E-state index contributed by atoms with van der Waals surface area (Å²) in [5, 5.41) is 13.8. The molecule has 13 nitrogen and oxygen atoms in total. The van der Waals surface area contributed by atoms with Gasteiger partial charge in [-0.15, -0.1) is 5.10 Å². The highest BCUT2D eigenvalue weighted by Gasteiger charge is 2.42. The minimum absolute atomic E-state index is 0.155. The van der Waals surface area contributed by atoms with Gasteiger partial charge in [0, 0.05) is 22.9 Å². The Balaban J connectivity index is 1.15. The molecule has 0 spiro atoms. The Labute approximate surface area is 363 Å². The first-order valence-corrected chi connectivity index (χ1v) is 20.7. The maximum atomic E-state index is 13.7. The third-order valence-electron chi connectivity index (χ3n) is 11.1. The Morgan fingerprint density at radius 1 is 0.794 bits per heavy atom. The van der Waals surface area contributed by atoms with Crippen LogP contribution in [0.15, 0.2) is 153 Å². The molecule has 0 fully saturated rings. The predicted octanol–water partition coefficient (Wildman–Crippen LogP) is 9.37. The number of rotatable bonds is 12. The molecule has 0 saturated carbocycles. The number of hydrogen-bond acceptors (Lipinski definition) is 10. The molecule has 0 atom stereocenters. The zero-order chi connectivity index (χ0) is 43.9. The molecule has 0 N–H and O–H groups in total. The Hall–Kier alpha value is -7.80. The predicted molar refractivity (Wildman–Crippen MR) is 238 cm³/mol. The average molecular weight is 840 g/mol. The Morgan fingerprint density at radius 2 is 1.41 bits per heavy atom. The van der Waals surface area contributed by atoms with Gasteiger partial charge in [0.15, 0.2) is 11.5 Å². The van der Waals surface area contributed by atoms with Crippen LogP contribution < -0.4 is 10.6 Å².